The number of non-ortho nitro benzene ring substituents is 1. The first kappa shape index (κ1) is 19.4. The van der Waals surface area contributed by atoms with E-state index < -0.39 is 4.92 Å². The molecule has 132 valence electrons. The number of likely N-dealkylation sites (N-methyl/N-ethyl adjacent to an activating group) is 1. The molecule has 0 aromatic heterocycles. The number of quaternary nitrogens is 1. The number of anilines is 1. The Morgan fingerprint density at radius 2 is 2.12 bits per heavy atom. The van der Waals surface area contributed by atoms with Crippen molar-refractivity contribution in [1.29, 1.82) is 0 Å². The topological polar surface area (TPSA) is 111 Å². The van der Waals surface area contributed by atoms with E-state index in [2.05, 4.69) is 10.6 Å². The maximum atomic E-state index is 12.2. The minimum Gasteiger partial charge on any atom is -0.495 e. The van der Waals surface area contributed by atoms with E-state index in [1.54, 1.807) is 0 Å². The van der Waals surface area contributed by atoms with Gasteiger partial charge in [0.15, 0.2) is 6.54 Å². The van der Waals surface area contributed by atoms with Crippen molar-refractivity contribution in [3.8, 4) is 5.75 Å². The predicted octanol–water partition coefficient (Wildman–Crippen LogP) is 0.754. The first-order valence-electron chi connectivity index (χ1n) is 7.40. The largest absolute Gasteiger partial charge is 0.495 e. The van der Waals surface area contributed by atoms with E-state index in [0.29, 0.717) is 29.7 Å². The number of rotatable bonds is 10. The van der Waals surface area contributed by atoms with Gasteiger partial charge in [-0.15, -0.1) is 0 Å². The van der Waals surface area contributed by atoms with Gasteiger partial charge in [0.2, 0.25) is 6.41 Å². The van der Waals surface area contributed by atoms with Crippen LogP contribution in [0.5, 0.6) is 5.75 Å². The number of nitro groups is 1. The SMILES string of the molecule is COc1ccc([N+](=O)[O-])cc1NC(=O)C[N+](C)(C)CCCNC=O. The van der Waals surface area contributed by atoms with Crippen molar-refractivity contribution >= 4 is 23.7 Å². The second kappa shape index (κ2) is 8.82. The lowest BCUT2D eigenvalue weighted by Gasteiger charge is -2.29. The molecule has 0 atom stereocenters. The van der Waals surface area contributed by atoms with Gasteiger partial charge in [-0.05, 0) is 6.07 Å². The summed E-state index contributed by atoms with van der Waals surface area (Å²) in [6, 6.07) is 4.03. The number of amides is 2. The summed E-state index contributed by atoms with van der Waals surface area (Å²) in [5.41, 5.74) is 0.138. The third-order valence-electron chi connectivity index (χ3n) is 3.41. The number of hydrogen-bond donors (Lipinski definition) is 2. The molecule has 0 aliphatic rings. The van der Waals surface area contributed by atoms with Crippen LogP contribution in [0.3, 0.4) is 0 Å². The molecule has 24 heavy (non-hydrogen) atoms. The van der Waals surface area contributed by atoms with Gasteiger partial charge in [-0.25, -0.2) is 0 Å². The highest BCUT2D eigenvalue weighted by Crippen LogP contribution is 2.28. The van der Waals surface area contributed by atoms with Gasteiger partial charge in [0.1, 0.15) is 5.75 Å². The van der Waals surface area contributed by atoms with Crippen LogP contribution in [-0.2, 0) is 9.59 Å². The van der Waals surface area contributed by atoms with E-state index in [4.69, 9.17) is 4.74 Å². The zero-order chi connectivity index (χ0) is 18.2. The van der Waals surface area contributed by atoms with Crippen molar-refractivity contribution in [2.75, 3.05) is 46.2 Å². The molecule has 0 saturated heterocycles. The van der Waals surface area contributed by atoms with Crippen LogP contribution in [0.15, 0.2) is 18.2 Å². The van der Waals surface area contributed by atoms with E-state index in [1.165, 1.54) is 25.3 Å². The number of ether oxygens (including phenoxy) is 1. The summed E-state index contributed by atoms with van der Waals surface area (Å²) in [7, 11) is 5.22. The molecule has 0 unspecified atom stereocenters. The number of benzene rings is 1. The van der Waals surface area contributed by atoms with Crippen molar-refractivity contribution in [2.45, 2.75) is 6.42 Å². The quantitative estimate of drug-likeness (QED) is 0.215. The van der Waals surface area contributed by atoms with Gasteiger partial charge < -0.3 is 19.9 Å². The molecule has 2 N–H and O–H groups in total. The highest BCUT2D eigenvalue weighted by Gasteiger charge is 2.21. The molecule has 9 heteroatoms. The normalized spacial score (nSPS) is 10.8. The number of hydrogen-bond acceptors (Lipinski definition) is 5. The van der Waals surface area contributed by atoms with Crippen LogP contribution in [0.25, 0.3) is 0 Å². The fraction of sp³-hybridized carbons (Fsp3) is 0.467. The van der Waals surface area contributed by atoms with E-state index in [1.807, 2.05) is 14.1 Å². The summed E-state index contributed by atoms with van der Waals surface area (Å²) in [5, 5.41) is 16.1. The molecule has 1 aromatic carbocycles. The maximum Gasteiger partial charge on any atom is 0.279 e. The Balaban J connectivity index is 2.71. The van der Waals surface area contributed by atoms with Crippen LogP contribution < -0.4 is 15.4 Å². The third kappa shape index (κ3) is 6.21. The Morgan fingerprint density at radius 3 is 2.71 bits per heavy atom. The fourth-order valence-electron chi connectivity index (χ4n) is 2.23. The lowest BCUT2D eigenvalue weighted by Crippen LogP contribution is -2.46. The molecule has 9 nitrogen and oxygen atoms in total. The zero-order valence-corrected chi connectivity index (χ0v) is 14.1. The molecular formula is C15H23N4O5+. The summed E-state index contributed by atoms with van der Waals surface area (Å²) >= 11 is 0. The summed E-state index contributed by atoms with van der Waals surface area (Å²) in [4.78, 5) is 32.8. The molecule has 1 aromatic rings. The molecule has 0 saturated carbocycles. The lowest BCUT2D eigenvalue weighted by atomic mass is 10.2. The van der Waals surface area contributed by atoms with Gasteiger partial charge in [0.25, 0.3) is 11.6 Å². The minimum absolute atomic E-state index is 0.125. The van der Waals surface area contributed by atoms with Crippen LogP contribution >= 0.6 is 0 Å². The predicted molar refractivity (Wildman–Crippen MR) is 88.8 cm³/mol. The molecule has 0 bridgehead atoms. The number of nitrogens with one attached hydrogen (secondary N) is 2. The molecule has 0 aliphatic heterocycles. The molecule has 0 aliphatic carbocycles. The highest BCUT2D eigenvalue weighted by atomic mass is 16.6. The van der Waals surface area contributed by atoms with Gasteiger partial charge >= 0.3 is 0 Å². The number of carbonyl (C=O) groups is 2. The Labute approximate surface area is 140 Å². The summed E-state index contributed by atoms with van der Waals surface area (Å²) < 4.78 is 5.54. The Hall–Kier alpha value is -2.68. The fourth-order valence-corrected chi connectivity index (χ4v) is 2.23. The molecule has 0 fully saturated rings. The molecule has 1 rings (SSSR count). The maximum absolute atomic E-state index is 12.2. The van der Waals surface area contributed by atoms with Gasteiger partial charge in [0, 0.05) is 25.1 Å². The number of carbonyl (C=O) groups excluding carboxylic acids is 2. The van der Waals surface area contributed by atoms with Gasteiger partial charge in [-0.3, -0.25) is 19.7 Å². The van der Waals surface area contributed by atoms with Gasteiger partial charge in [-0.2, -0.15) is 0 Å². The van der Waals surface area contributed by atoms with Crippen LogP contribution in [0.2, 0.25) is 0 Å². The highest BCUT2D eigenvalue weighted by molar-refractivity contribution is 5.93. The monoisotopic (exact) mass is 339 g/mol. The van der Waals surface area contributed by atoms with Crippen molar-refractivity contribution in [2.24, 2.45) is 0 Å². The van der Waals surface area contributed by atoms with E-state index in [0.717, 1.165) is 6.42 Å². The van der Waals surface area contributed by atoms with Crippen LogP contribution in [0, 0.1) is 10.1 Å². The summed E-state index contributed by atoms with van der Waals surface area (Å²) in [6.07, 6.45) is 1.38. The van der Waals surface area contributed by atoms with Crippen LogP contribution in [0.4, 0.5) is 11.4 Å². The van der Waals surface area contributed by atoms with Crippen molar-refractivity contribution in [3.05, 3.63) is 28.3 Å². The van der Waals surface area contributed by atoms with Crippen molar-refractivity contribution < 1.29 is 23.7 Å². The van der Waals surface area contributed by atoms with E-state index in [9.17, 15) is 19.7 Å². The first-order valence-corrected chi connectivity index (χ1v) is 7.40. The summed E-state index contributed by atoms with van der Waals surface area (Å²) in [5.74, 6) is 0.0802. The van der Waals surface area contributed by atoms with Gasteiger partial charge in [-0.1, -0.05) is 0 Å². The third-order valence-corrected chi connectivity index (χ3v) is 3.41. The minimum atomic E-state index is -0.533. The Kier molecular flexibility index (Phi) is 7.12. The lowest BCUT2D eigenvalue weighted by molar-refractivity contribution is -0.882. The average molecular weight is 339 g/mol. The first-order chi connectivity index (χ1) is 11.3. The smallest absolute Gasteiger partial charge is 0.279 e. The molecule has 0 spiro atoms. The van der Waals surface area contributed by atoms with Crippen molar-refractivity contribution in [3.63, 3.8) is 0 Å². The summed E-state index contributed by atoms with van der Waals surface area (Å²) in [6.45, 7) is 1.43. The molecule has 0 radical (unpaired) electrons. The van der Waals surface area contributed by atoms with Crippen LogP contribution in [-0.4, -0.2) is 62.6 Å². The van der Waals surface area contributed by atoms with Crippen molar-refractivity contribution in [1.82, 2.24) is 5.32 Å². The van der Waals surface area contributed by atoms with Gasteiger partial charge in [0.05, 0.1) is 38.4 Å². The number of nitro benzene ring substituents is 1. The zero-order valence-electron chi connectivity index (χ0n) is 14.1. The second-order valence-electron chi connectivity index (χ2n) is 5.93. The van der Waals surface area contributed by atoms with Crippen LogP contribution in [0.1, 0.15) is 6.42 Å². The standard InChI is InChI=1S/C15H22N4O5/c1-19(2,8-4-7-16-11-20)10-15(21)17-13-9-12(18(22)23)5-6-14(13)24-3/h5-6,9,11H,4,7-8,10H2,1-3H3,(H-,16,17,20,21)/p+1. The number of nitrogens with zero attached hydrogens (tertiary/aromatic N) is 2. The van der Waals surface area contributed by atoms with E-state index in [-0.39, 0.29) is 23.8 Å². The Bertz CT molecular complexity index is 604. The number of methoxy groups -OCH3 is 1. The second-order valence-corrected chi connectivity index (χ2v) is 5.93. The molecule has 0 heterocycles. The average Bonchev–Trinajstić information content (AvgIpc) is 2.50. The molecule has 2 amide bonds. The Morgan fingerprint density at radius 1 is 1.42 bits per heavy atom. The van der Waals surface area contributed by atoms with E-state index >= 15 is 0 Å². The molecular weight excluding hydrogens is 316 g/mol.